The number of piperidine rings is 1. The Kier molecular flexibility index (Phi) is 5.12. The molecule has 0 spiro atoms. The molecule has 0 radical (unpaired) electrons. The third kappa shape index (κ3) is 4.24. The molecule has 2 aromatic carbocycles. The maximum Gasteiger partial charge on any atom is 0.253 e. The molecule has 1 saturated heterocycles. The Morgan fingerprint density at radius 1 is 1.08 bits per heavy atom. The number of amides is 2. The summed E-state index contributed by atoms with van der Waals surface area (Å²) in [6.45, 7) is 3.09. The summed E-state index contributed by atoms with van der Waals surface area (Å²) in [4.78, 5) is 26.7. The van der Waals surface area contributed by atoms with Crippen molar-refractivity contribution in [1.29, 1.82) is 0 Å². The molecule has 1 aliphatic rings. The Bertz CT molecular complexity index is 766. The van der Waals surface area contributed by atoms with Gasteiger partial charge in [-0.1, -0.05) is 17.7 Å². The number of likely N-dealkylation sites (tertiary alicyclic amines) is 1. The van der Waals surface area contributed by atoms with E-state index >= 15 is 0 Å². The third-order valence-electron chi connectivity index (χ3n) is 4.53. The molecule has 0 aliphatic carbocycles. The minimum atomic E-state index is -0.332. The zero-order valence-electron chi connectivity index (χ0n) is 14.2. The van der Waals surface area contributed by atoms with Crippen LogP contribution in [0.2, 0.25) is 0 Å². The number of hydrogen-bond donors (Lipinski definition) is 1. The Morgan fingerprint density at radius 3 is 2.40 bits per heavy atom. The smallest absolute Gasteiger partial charge is 0.253 e. The van der Waals surface area contributed by atoms with E-state index in [1.54, 1.807) is 17.0 Å². The summed E-state index contributed by atoms with van der Waals surface area (Å²) in [5, 5.41) is 2.81. The van der Waals surface area contributed by atoms with Gasteiger partial charge in [-0.25, -0.2) is 4.39 Å². The SMILES string of the molecule is Cc1cccc(C(=O)N2CCC(C(=O)Nc3ccc(F)cc3)CC2)c1. The fourth-order valence-corrected chi connectivity index (χ4v) is 3.08. The van der Waals surface area contributed by atoms with Gasteiger partial charge in [-0.3, -0.25) is 9.59 Å². The number of benzene rings is 2. The third-order valence-corrected chi connectivity index (χ3v) is 4.53. The van der Waals surface area contributed by atoms with Crippen LogP contribution in [-0.2, 0) is 4.79 Å². The summed E-state index contributed by atoms with van der Waals surface area (Å²) in [6, 6.07) is 13.3. The van der Waals surface area contributed by atoms with Crippen LogP contribution in [0.4, 0.5) is 10.1 Å². The fourth-order valence-electron chi connectivity index (χ4n) is 3.08. The fraction of sp³-hybridized carbons (Fsp3) is 0.300. The number of carbonyl (C=O) groups excluding carboxylic acids is 2. The van der Waals surface area contributed by atoms with E-state index in [-0.39, 0.29) is 23.5 Å². The predicted molar refractivity (Wildman–Crippen MR) is 94.8 cm³/mol. The van der Waals surface area contributed by atoms with Gasteiger partial charge in [-0.2, -0.15) is 0 Å². The molecule has 0 atom stereocenters. The average molecular weight is 340 g/mol. The normalized spacial score (nSPS) is 15.0. The van der Waals surface area contributed by atoms with E-state index in [4.69, 9.17) is 0 Å². The lowest BCUT2D eigenvalue weighted by molar-refractivity contribution is -0.121. The molecule has 3 rings (SSSR count). The zero-order valence-corrected chi connectivity index (χ0v) is 14.2. The van der Waals surface area contributed by atoms with Crippen LogP contribution in [-0.4, -0.2) is 29.8 Å². The molecular formula is C20H21FN2O2. The van der Waals surface area contributed by atoms with Crippen LogP contribution in [0.1, 0.15) is 28.8 Å². The van der Waals surface area contributed by atoms with Crippen molar-refractivity contribution in [3.05, 3.63) is 65.5 Å². The number of nitrogens with zero attached hydrogens (tertiary/aromatic N) is 1. The lowest BCUT2D eigenvalue weighted by Crippen LogP contribution is -2.41. The molecular weight excluding hydrogens is 319 g/mol. The molecule has 1 fully saturated rings. The van der Waals surface area contributed by atoms with E-state index in [2.05, 4.69) is 5.32 Å². The quantitative estimate of drug-likeness (QED) is 0.928. The van der Waals surface area contributed by atoms with Crippen LogP contribution >= 0.6 is 0 Å². The molecule has 0 aromatic heterocycles. The monoisotopic (exact) mass is 340 g/mol. The number of anilines is 1. The highest BCUT2D eigenvalue weighted by atomic mass is 19.1. The molecule has 0 saturated carbocycles. The second-order valence-electron chi connectivity index (χ2n) is 6.43. The highest BCUT2D eigenvalue weighted by Crippen LogP contribution is 2.21. The van der Waals surface area contributed by atoms with Gasteiger partial charge in [0.15, 0.2) is 0 Å². The summed E-state index contributed by atoms with van der Waals surface area (Å²) >= 11 is 0. The summed E-state index contributed by atoms with van der Waals surface area (Å²) in [6.07, 6.45) is 1.26. The van der Waals surface area contributed by atoms with Crippen molar-refractivity contribution in [2.45, 2.75) is 19.8 Å². The number of aryl methyl sites for hydroxylation is 1. The second-order valence-corrected chi connectivity index (χ2v) is 6.43. The van der Waals surface area contributed by atoms with Gasteiger partial charge < -0.3 is 10.2 Å². The van der Waals surface area contributed by atoms with Gasteiger partial charge in [0.05, 0.1) is 0 Å². The molecule has 1 heterocycles. The van der Waals surface area contributed by atoms with E-state index in [1.807, 2.05) is 31.2 Å². The Labute approximate surface area is 146 Å². The Hall–Kier alpha value is -2.69. The van der Waals surface area contributed by atoms with E-state index < -0.39 is 0 Å². The maximum atomic E-state index is 12.9. The van der Waals surface area contributed by atoms with Crippen molar-refractivity contribution in [3.63, 3.8) is 0 Å². The van der Waals surface area contributed by atoms with E-state index in [9.17, 15) is 14.0 Å². The Balaban J connectivity index is 1.55. The van der Waals surface area contributed by atoms with Gasteiger partial charge in [0.1, 0.15) is 5.82 Å². The van der Waals surface area contributed by atoms with Gasteiger partial charge in [-0.05, 0) is 56.2 Å². The summed E-state index contributed by atoms with van der Waals surface area (Å²) < 4.78 is 12.9. The first-order valence-electron chi connectivity index (χ1n) is 8.45. The van der Waals surface area contributed by atoms with Crippen molar-refractivity contribution in [2.24, 2.45) is 5.92 Å². The molecule has 25 heavy (non-hydrogen) atoms. The van der Waals surface area contributed by atoms with E-state index in [1.165, 1.54) is 12.1 Å². The first-order chi connectivity index (χ1) is 12.0. The van der Waals surface area contributed by atoms with Crippen molar-refractivity contribution < 1.29 is 14.0 Å². The van der Waals surface area contributed by atoms with Crippen LogP contribution in [0.5, 0.6) is 0 Å². The molecule has 4 nitrogen and oxygen atoms in total. The van der Waals surface area contributed by atoms with Crippen LogP contribution in [0, 0.1) is 18.7 Å². The minimum absolute atomic E-state index is 0.0149. The summed E-state index contributed by atoms with van der Waals surface area (Å²) in [5.74, 6) is -0.525. The van der Waals surface area contributed by atoms with Crippen molar-refractivity contribution >= 4 is 17.5 Å². The molecule has 130 valence electrons. The van der Waals surface area contributed by atoms with Crippen molar-refractivity contribution in [2.75, 3.05) is 18.4 Å². The van der Waals surface area contributed by atoms with Crippen LogP contribution < -0.4 is 5.32 Å². The first kappa shape index (κ1) is 17.1. The number of nitrogens with one attached hydrogen (secondary N) is 1. The second kappa shape index (κ2) is 7.47. The van der Waals surface area contributed by atoms with Crippen LogP contribution in [0.15, 0.2) is 48.5 Å². The van der Waals surface area contributed by atoms with Crippen molar-refractivity contribution in [1.82, 2.24) is 4.90 Å². The lowest BCUT2D eigenvalue weighted by atomic mass is 9.95. The molecule has 0 bridgehead atoms. The highest BCUT2D eigenvalue weighted by Gasteiger charge is 2.27. The molecule has 5 heteroatoms. The highest BCUT2D eigenvalue weighted by molar-refractivity contribution is 5.95. The number of rotatable bonds is 3. The topological polar surface area (TPSA) is 49.4 Å². The largest absolute Gasteiger partial charge is 0.339 e. The summed E-state index contributed by atoms with van der Waals surface area (Å²) in [7, 11) is 0. The lowest BCUT2D eigenvalue weighted by Gasteiger charge is -2.31. The van der Waals surface area contributed by atoms with E-state index in [0.29, 0.717) is 37.2 Å². The molecule has 2 aromatic rings. The van der Waals surface area contributed by atoms with Gasteiger partial charge in [0.25, 0.3) is 5.91 Å². The molecule has 1 N–H and O–H groups in total. The first-order valence-corrected chi connectivity index (χ1v) is 8.45. The van der Waals surface area contributed by atoms with Gasteiger partial charge in [-0.15, -0.1) is 0 Å². The summed E-state index contributed by atoms with van der Waals surface area (Å²) in [5.41, 5.74) is 2.33. The number of hydrogen-bond acceptors (Lipinski definition) is 2. The van der Waals surface area contributed by atoms with Crippen LogP contribution in [0.3, 0.4) is 0 Å². The van der Waals surface area contributed by atoms with Crippen molar-refractivity contribution in [3.8, 4) is 0 Å². The van der Waals surface area contributed by atoms with Gasteiger partial charge in [0, 0.05) is 30.3 Å². The van der Waals surface area contributed by atoms with Gasteiger partial charge in [0.2, 0.25) is 5.91 Å². The predicted octanol–water partition coefficient (Wildman–Crippen LogP) is 3.63. The minimum Gasteiger partial charge on any atom is -0.339 e. The zero-order chi connectivity index (χ0) is 17.8. The number of carbonyl (C=O) groups is 2. The van der Waals surface area contributed by atoms with E-state index in [0.717, 1.165) is 5.56 Å². The number of halogens is 1. The Morgan fingerprint density at radius 2 is 1.76 bits per heavy atom. The molecule has 0 unspecified atom stereocenters. The standard InChI is InChI=1S/C20H21FN2O2/c1-14-3-2-4-16(13-14)20(25)23-11-9-15(10-12-23)19(24)22-18-7-5-17(21)6-8-18/h2-8,13,15H,9-12H2,1H3,(H,22,24). The molecule has 2 amide bonds. The van der Waals surface area contributed by atoms with Crippen LogP contribution in [0.25, 0.3) is 0 Å². The average Bonchev–Trinajstić information content (AvgIpc) is 2.63. The maximum absolute atomic E-state index is 12.9. The molecule has 1 aliphatic heterocycles. The van der Waals surface area contributed by atoms with Gasteiger partial charge >= 0.3 is 0 Å².